The summed E-state index contributed by atoms with van der Waals surface area (Å²) in [6, 6.07) is 13.5. The van der Waals surface area contributed by atoms with E-state index in [1.54, 1.807) is 35.6 Å². The Morgan fingerprint density at radius 1 is 0.923 bits per heavy atom. The summed E-state index contributed by atoms with van der Waals surface area (Å²) in [5, 5.41) is 9.09. The monoisotopic (exact) mass is 348 g/mol. The quantitative estimate of drug-likeness (QED) is 0.735. The molecule has 1 N–H and O–H groups in total. The van der Waals surface area contributed by atoms with E-state index in [1.165, 1.54) is 18.2 Å². The number of nitrogens with zero attached hydrogens (tertiary/aromatic N) is 4. The van der Waals surface area contributed by atoms with E-state index in [0.717, 1.165) is 11.3 Å². The fourth-order valence-electron chi connectivity index (χ4n) is 2.43. The molecule has 26 heavy (non-hydrogen) atoms. The average molecular weight is 348 g/mol. The molecule has 0 saturated carbocycles. The molecule has 0 atom stereocenters. The van der Waals surface area contributed by atoms with Crippen LogP contribution < -0.4 is 0 Å². The number of hydrogen-bond acceptors (Lipinski definition) is 5. The lowest BCUT2D eigenvalue weighted by Crippen LogP contribution is -2.31. The third kappa shape index (κ3) is 4.27. The molecule has 3 heterocycles. The Morgan fingerprint density at radius 2 is 1.77 bits per heavy atom. The van der Waals surface area contributed by atoms with Crippen LogP contribution in [0.25, 0.3) is 0 Å². The summed E-state index contributed by atoms with van der Waals surface area (Å²) in [6.45, 7) is 0.579. The minimum Gasteiger partial charge on any atom is -0.477 e. The van der Waals surface area contributed by atoms with Crippen molar-refractivity contribution in [3.63, 3.8) is 0 Å². The van der Waals surface area contributed by atoms with Crippen LogP contribution in [0.5, 0.6) is 0 Å². The number of aromatic nitrogens is 3. The van der Waals surface area contributed by atoms with Crippen molar-refractivity contribution in [3.8, 4) is 0 Å². The number of pyridine rings is 3. The van der Waals surface area contributed by atoms with Gasteiger partial charge in [0.1, 0.15) is 11.4 Å². The predicted octanol–water partition coefficient (Wildman–Crippen LogP) is 2.41. The first-order valence-corrected chi connectivity index (χ1v) is 7.92. The molecule has 1 amide bonds. The van der Waals surface area contributed by atoms with E-state index in [4.69, 9.17) is 5.11 Å². The molecule has 0 aliphatic carbocycles. The van der Waals surface area contributed by atoms with Crippen LogP contribution in [0, 0.1) is 0 Å². The molecule has 0 aliphatic heterocycles. The van der Waals surface area contributed by atoms with Gasteiger partial charge in [-0.2, -0.15) is 0 Å². The number of carboxylic acid groups (broad SMARTS) is 1. The van der Waals surface area contributed by atoms with Gasteiger partial charge in [0.2, 0.25) is 0 Å². The van der Waals surface area contributed by atoms with Crippen molar-refractivity contribution in [2.75, 3.05) is 0 Å². The van der Waals surface area contributed by atoms with Gasteiger partial charge in [0.15, 0.2) is 0 Å². The summed E-state index contributed by atoms with van der Waals surface area (Å²) in [5.74, 6) is -1.55. The van der Waals surface area contributed by atoms with E-state index in [0.29, 0.717) is 6.54 Å². The second-order valence-electron chi connectivity index (χ2n) is 5.56. The second-order valence-corrected chi connectivity index (χ2v) is 5.56. The smallest absolute Gasteiger partial charge is 0.354 e. The molecular weight excluding hydrogens is 332 g/mol. The fraction of sp³-hybridized carbons (Fsp3) is 0.105. The molecule has 0 aromatic carbocycles. The Morgan fingerprint density at radius 3 is 2.46 bits per heavy atom. The van der Waals surface area contributed by atoms with Crippen LogP contribution in [0.1, 0.15) is 32.2 Å². The van der Waals surface area contributed by atoms with Gasteiger partial charge in [-0.1, -0.05) is 18.2 Å². The third-order valence-corrected chi connectivity index (χ3v) is 3.65. The zero-order valence-electron chi connectivity index (χ0n) is 13.8. The molecule has 0 spiro atoms. The minimum atomic E-state index is -1.18. The van der Waals surface area contributed by atoms with Gasteiger partial charge >= 0.3 is 5.97 Å². The van der Waals surface area contributed by atoms with E-state index < -0.39 is 5.97 Å². The second kappa shape index (κ2) is 7.98. The predicted molar refractivity (Wildman–Crippen MR) is 93.2 cm³/mol. The Bertz CT molecular complexity index is 859. The Labute approximate surface area is 150 Å². The molecule has 130 valence electrons. The van der Waals surface area contributed by atoms with Crippen molar-refractivity contribution in [1.29, 1.82) is 0 Å². The lowest BCUT2D eigenvalue weighted by atomic mass is 10.2. The Hall–Kier alpha value is -3.61. The molecule has 0 unspecified atom stereocenters. The van der Waals surface area contributed by atoms with Gasteiger partial charge in [-0.05, 0) is 35.9 Å². The molecule has 3 aromatic heterocycles. The Balaban J connectivity index is 1.89. The van der Waals surface area contributed by atoms with Crippen LogP contribution in [-0.2, 0) is 13.1 Å². The van der Waals surface area contributed by atoms with E-state index in [2.05, 4.69) is 15.0 Å². The molecule has 3 rings (SSSR count). The maximum Gasteiger partial charge on any atom is 0.354 e. The van der Waals surface area contributed by atoms with Crippen molar-refractivity contribution >= 4 is 11.9 Å². The van der Waals surface area contributed by atoms with E-state index in [9.17, 15) is 9.59 Å². The normalized spacial score (nSPS) is 10.3. The van der Waals surface area contributed by atoms with Gasteiger partial charge in [-0.15, -0.1) is 0 Å². The summed E-state index contributed by atoms with van der Waals surface area (Å²) in [4.78, 5) is 37.9. The molecule has 0 radical (unpaired) electrons. The van der Waals surface area contributed by atoms with E-state index in [-0.39, 0.29) is 23.8 Å². The summed E-state index contributed by atoms with van der Waals surface area (Å²) in [7, 11) is 0. The van der Waals surface area contributed by atoms with Gasteiger partial charge in [-0.25, -0.2) is 9.78 Å². The molecule has 7 heteroatoms. The van der Waals surface area contributed by atoms with Crippen LogP contribution in [-0.4, -0.2) is 36.8 Å². The van der Waals surface area contributed by atoms with Crippen molar-refractivity contribution in [1.82, 2.24) is 19.9 Å². The standard InChI is InChI=1S/C19H16N4O3/c24-18(16-7-3-8-17(22-16)19(25)26)23(12-14-5-4-9-20-11-14)13-15-6-1-2-10-21-15/h1-11H,12-13H2,(H,25,26). The summed E-state index contributed by atoms with van der Waals surface area (Å²) < 4.78 is 0. The molecule has 0 aliphatic rings. The molecule has 0 saturated heterocycles. The van der Waals surface area contributed by atoms with E-state index >= 15 is 0 Å². The highest BCUT2D eigenvalue weighted by atomic mass is 16.4. The zero-order valence-corrected chi connectivity index (χ0v) is 13.8. The first-order valence-electron chi connectivity index (χ1n) is 7.92. The number of rotatable bonds is 6. The molecule has 0 bridgehead atoms. The van der Waals surface area contributed by atoms with Crippen LogP contribution in [0.15, 0.2) is 67.1 Å². The van der Waals surface area contributed by atoms with Crippen LogP contribution in [0.3, 0.4) is 0 Å². The Kier molecular flexibility index (Phi) is 5.28. The lowest BCUT2D eigenvalue weighted by molar-refractivity contribution is 0.0689. The van der Waals surface area contributed by atoms with Crippen molar-refractivity contribution < 1.29 is 14.7 Å². The first-order chi connectivity index (χ1) is 12.6. The van der Waals surface area contributed by atoms with Crippen LogP contribution in [0.4, 0.5) is 0 Å². The average Bonchev–Trinajstić information content (AvgIpc) is 2.68. The molecule has 0 fully saturated rings. The maximum absolute atomic E-state index is 13.0. The zero-order chi connectivity index (χ0) is 18.4. The summed E-state index contributed by atoms with van der Waals surface area (Å²) >= 11 is 0. The number of amides is 1. The highest BCUT2D eigenvalue weighted by molar-refractivity contribution is 5.94. The highest BCUT2D eigenvalue weighted by Gasteiger charge is 2.20. The SMILES string of the molecule is O=C(O)c1cccc(C(=O)N(Cc2cccnc2)Cc2ccccn2)n1. The largest absolute Gasteiger partial charge is 0.477 e. The maximum atomic E-state index is 13.0. The number of carboxylic acids is 1. The minimum absolute atomic E-state index is 0.0738. The van der Waals surface area contributed by atoms with Crippen LogP contribution >= 0.6 is 0 Å². The number of carbonyl (C=O) groups excluding carboxylic acids is 1. The fourth-order valence-corrected chi connectivity index (χ4v) is 2.43. The summed E-state index contributed by atoms with van der Waals surface area (Å²) in [6.07, 6.45) is 5.00. The number of carbonyl (C=O) groups is 2. The van der Waals surface area contributed by atoms with Crippen LogP contribution in [0.2, 0.25) is 0 Å². The van der Waals surface area contributed by atoms with Crippen molar-refractivity contribution in [3.05, 3.63) is 89.8 Å². The molecule has 7 nitrogen and oxygen atoms in total. The number of hydrogen-bond donors (Lipinski definition) is 1. The third-order valence-electron chi connectivity index (χ3n) is 3.65. The summed E-state index contributed by atoms with van der Waals surface area (Å²) in [5.41, 5.74) is 1.48. The van der Waals surface area contributed by atoms with Gasteiger partial charge in [0, 0.05) is 25.1 Å². The van der Waals surface area contributed by atoms with E-state index in [1.807, 2.05) is 18.2 Å². The topological polar surface area (TPSA) is 96.3 Å². The number of aromatic carboxylic acids is 1. The van der Waals surface area contributed by atoms with Crippen molar-refractivity contribution in [2.24, 2.45) is 0 Å². The first kappa shape index (κ1) is 17.2. The van der Waals surface area contributed by atoms with Crippen molar-refractivity contribution in [2.45, 2.75) is 13.1 Å². The van der Waals surface area contributed by atoms with Gasteiger partial charge in [0.25, 0.3) is 5.91 Å². The van der Waals surface area contributed by atoms with Gasteiger partial charge in [0.05, 0.1) is 12.2 Å². The molecular formula is C19H16N4O3. The van der Waals surface area contributed by atoms with Gasteiger partial charge < -0.3 is 10.0 Å². The lowest BCUT2D eigenvalue weighted by Gasteiger charge is -2.22. The van der Waals surface area contributed by atoms with Gasteiger partial charge in [-0.3, -0.25) is 14.8 Å². The highest BCUT2D eigenvalue weighted by Crippen LogP contribution is 2.12. The molecule has 3 aromatic rings.